The van der Waals surface area contributed by atoms with E-state index in [1.54, 1.807) is 6.08 Å². The van der Waals surface area contributed by atoms with E-state index in [-0.39, 0.29) is 12.1 Å². The van der Waals surface area contributed by atoms with Crippen molar-refractivity contribution in [3.05, 3.63) is 42.5 Å². The fourth-order valence-corrected chi connectivity index (χ4v) is 1.82. The average Bonchev–Trinajstić information content (AvgIpc) is 2.36. The van der Waals surface area contributed by atoms with Gasteiger partial charge in [-0.15, -0.1) is 6.58 Å². The molecule has 0 aromatic heterocycles. The Morgan fingerprint density at radius 3 is 3.18 bits per heavy atom. The zero-order valence-electron chi connectivity index (χ0n) is 9.61. The van der Waals surface area contributed by atoms with E-state index in [4.69, 9.17) is 4.74 Å². The third-order valence-electron chi connectivity index (χ3n) is 2.62. The monoisotopic (exact) mass is 232 g/mol. The van der Waals surface area contributed by atoms with Crippen molar-refractivity contribution in [1.82, 2.24) is 10.6 Å². The van der Waals surface area contributed by atoms with E-state index >= 15 is 0 Å². The highest BCUT2D eigenvalue weighted by molar-refractivity contribution is 5.74. The molecule has 0 saturated heterocycles. The van der Waals surface area contributed by atoms with Gasteiger partial charge in [0.15, 0.2) is 0 Å². The number of benzene rings is 1. The number of nitrogens with one attached hydrogen (secondary N) is 2. The Hall–Kier alpha value is -1.97. The van der Waals surface area contributed by atoms with Crippen LogP contribution in [0.25, 0.3) is 0 Å². The number of amides is 2. The number of carbonyl (C=O) groups excluding carboxylic acids is 1. The smallest absolute Gasteiger partial charge is 0.315 e. The maximum Gasteiger partial charge on any atom is 0.315 e. The maximum atomic E-state index is 11.5. The van der Waals surface area contributed by atoms with E-state index in [1.165, 1.54) is 0 Å². The van der Waals surface area contributed by atoms with Crippen molar-refractivity contribution in [2.45, 2.75) is 12.5 Å². The standard InChI is InChI=1S/C13H16N2O2/c1-2-7-14-13(16)15-11-8-10-5-3-4-6-12(10)17-9-11/h2-6,11H,1,7-9H2,(H2,14,15,16)/t11-/m1/s1. The van der Waals surface area contributed by atoms with Crippen LogP contribution >= 0.6 is 0 Å². The highest BCUT2D eigenvalue weighted by Crippen LogP contribution is 2.23. The van der Waals surface area contributed by atoms with Crippen LogP contribution in [-0.4, -0.2) is 25.2 Å². The quantitative estimate of drug-likeness (QED) is 0.775. The summed E-state index contributed by atoms with van der Waals surface area (Å²) in [5.74, 6) is 0.914. The number of rotatable bonds is 3. The first-order valence-corrected chi connectivity index (χ1v) is 5.65. The molecule has 1 atom stereocenters. The van der Waals surface area contributed by atoms with E-state index in [0.29, 0.717) is 13.2 Å². The van der Waals surface area contributed by atoms with Crippen LogP contribution in [0, 0.1) is 0 Å². The molecule has 4 heteroatoms. The molecule has 90 valence electrons. The van der Waals surface area contributed by atoms with Crippen molar-refractivity contribution in [2.75, 3.05) is 13.2 Å². The van der Waals surface area contributed by atoms with E-state index in [9.17, 15) is 4.79 Å². The third-order valence-corrected chi connectivity index (χ3v) is 2.62. The largest absolute Gasteiger partial charge is 0.491 e. The average molecular weight is 232 g/mol. The van der Waals surface area contributed by atoms with Crippen molar-refractivity contribution in [1.29, 1.82) is 0 Å². The first-order chi connectivity index (χ1) is 8.29. The van der Waals surface area contributed by atoms with Gasteiger partial charge in [-0.05, 0) is 18.1 Å². The molecule has 4 nitrogen and oxygen atoms in total. The minimum Gasteiger partial charge on any atom is -0.491 e. The molecule has 0 saturated carbocycles. The van der Waals surface area contributed by atoms with E-state index < -0.39 is 0 Å². The normalized spacial score (nSPS) is 17.5. The summed E-state index contributed by atoms with van der Waals surface area (Å²) in [5, 5.41) is 5.55. The SMILES string of the molecule is C=CCNC(=O)N[C@H]1COc2ccccc2C1. The molecule has 1 aromatic carbocycles. The lowest BCUT2D eigenvalue weighted by atomic mass is 10.0. The van der Waals surface area contributed by atoms with Crippen molar-refractivity contribution in [3.8, 4) is 5.75 Å². The van der Waals surface area contributed by atoms with Gasteiger partial charge in [-0.3, -0.25) is 0 Å². The topological polar surface area (TPSA) is 50.4 Å². The molecule has 0 bridgehead atoms. The summed E-state index contributed by atoms with van der Waals surface area (Å²) in [6, 6.07) is 7.73. The molecular formula is C13H16N2O2. The number of urea groups is 1. The van der Waals surface area contributed by atoms with Crippen molar-refractivity contribution < 1.29 is 9.53 Å². The number of carbonyl (C=O) groups is 1. The summed E-state index contributed by atoms with van der Waals surface area (Å²) in [6.45, 7) is 4.52. The van der Waals surface area contributed by atoms with Gasteiger partial charge in [0.1, 0.15) is 12.4 Å². The van der Waals surface area contributed by atoms with Gasteiger partial charge in [0.05, 0.1) is 6.04 Å². The van der Waals surface area contributed by atoms with Gasteiger partial charge in [0.25, 0.3) is 0 Å². The van der Waals surface area contributed by atoms with Crippen LogP contribution < -0.4 is 15.4 Å². The molecule has 2 rings (SSSR count). The van der Waals surface area contributed by atoms with Crippen LogP contribution in [0.4, 0.5) is 4.79 Å². The zero-order valence-corrected chi connectivity index (χ0v) is 9.61. The highest BCUT2D eigenvalue weighted by atomic mass is 16.5. The summed E-state index contributed by atoms with van der Waals surface area (Å²) in [6.07, 6.45) is 2.45. The van der Waals surface area contributed by atoms with Crippen molar-refractivity contribution in [3.63, 3.8) is 0 Å². The molecule has 0 spiro atoms. The van der Waals surface area contributed by atoms with E-state index in [2.05, 4.69) is 17.2 Å². The Morgan fingerprint density at radius 1 is 1.53 bits per heavy atom. The predicted molar refractivity (Wildman–Crippen MR) is 66.2 cm³/mol. The number of hydrogen-bond acceptors (Lipinski definition) is 2. The van der Waals surface area contributed by atoms with Crippen LogP contribution in [0.1, 0.15) is 5.56 Å². The van der Waals surface area contributed by atoms with Gasteiger partial charge < -0.3 is 15.4 Å². The Balaban J connectivity index is 1.89. The van der Waals surface area contributed by atoms with Crippen molar-refractivity contribution >= 4 is 6.03 Å². The number of ether oxygens (including phenoxy) is 1. The number of para-hydroxylation sites is 1. The lowest BCUT2D eigenvalue weighted by Gasteiger charge is -2.25. The molecule has 1 aromatic rings. The van der Waals surface area contributed by atoms with E-state index in [1.807, 2.05) is 24.3 Å². The number of hydrogen-bond donors (Lipinski definition) is 2. The van der Waals surface area contributed by atoms with Crippen LogP contribution in [0.3, 0.4) is 0 Å². The Kier molecular flexibility index (Phi) is 3.65. The minimum absolute atomic E-state index is 0.0229. The van der Waals surface area contributed by atoms with Gasteiger partial charge in [-0.2, -0.15) is 0 Å². The molecule has 1 heterocycles. The summed E-state index contributed by atoms with van der Waals surface area (Å²) >= 11 is 0. The summed E-state index contributed by atoms with van der Waals surface area (Å²) in [5.41, 5.74) is 1.13. The first kappa shape index (κ1) is 11.5. The second-order valence-corrected chi connectivity index (χ2v) is 3.96. The van der Waals surface area contributed by atoms with Gasteiger partial charge in [-0.25, -0.2) is 4.79 Å². The second kappa shape index (κ2) is 5.39. The van der Waals surface area contributed by atoms with Crippen molar-refractivity contribution in [2.24, 2.45) is 0 Å². The minimum atomic E-state index is -0.183. The van der Waals surface area contributed by atoms with Gasteiger partial charge in [-0.1, -0.05) is 24.3 Å². The molecule has 0 radical (unpaired) electrons. The Labute approximate surface area is 101 Å². The van der Waals surface area contributed by atoms with E-state index in [0.717, 1.165) is 17.7 Å². The predicted octanol–water partition coefficient (Wildman–Crippen LogP) is 1.48. The third kappa shape index (κ3) is 3.00. The summed E-state index contributed by atoms with van der Waals surface area (Å²) < 4.78 is 5.58. The first-order valence-electron chi connectivity index (χ1n) is 5.65. The van der Waals surface area contributed by atoms with Gasteiger partial charge in [0, 0.05) is 6.54 Å². The summed E-state index contributed by atoms with van der Waals surface area (Å²) in [7, 11) is 0. The molecule has 0 fully saturated rings. The lowest BCUT2D eigenvalue weighted by Crippen LogP contribution is -2.47. The van der Waals surface area contributed by atoms with Crippen LogP contribution in [0.15, 0.2) is 36.9 Å². The molecule has 2 N–H and O–H groups in total. The molecular weight excluding hydrogens is 216 g/mol. The molecule has 0 aliphatic carbocycles. The Morgan fingerprint density at radius 2 is 2.35 bits per heavy atom. The zero-order chi connectivity index (χ0) is 12.1. The molecule has 0 unspecified atom stereocenters. The lowest BCUT2D eigenvalue weighted by molar-refractivity contribution is 0.215. The van der Waals surface area contributed by atoms with Gasteiger partial charge >= 0.3 is 6.03 Å². The molecule has 1 aliphatic rings. The van der Waals surface area contributed by atoms with Gasteiger partial charge in [0.2, 0.25) is 0 Å². The van der Waals surface area contributed by atoms with Crippen LogP contribution in [-0.2, 0) is 6.42 Å². The Bertz CT molecular complexity index is 418. The molecule has 17 heavy (non-hydrogen) atoms. The fourth-order valence-electron chi connectivity index (χ4n) is 1.82. The van der Waals surface area contributed by atoms with Crippen LogP contribution in [0.5, 0.6) is 5.75 Å². The number of fused-ring (bicyclic) bond motifs is 1. The maximum absolute atomic E-state index is 11.5. The molecule has 2 amide bonds. The fraction of sp³-hybridized carbons (Fsp3) is 0.308. The van der Waals surface area contributed by atoms with Crippen LogP contribution in [0.2, 0.25) is 0 Å². The molecule has 1 aliphatic heterocycles. The second-order valence-electron chi connectivity index (χ2n) is 3.96. The summed E-state index contributed by atoms with van der Waals surface area (Å²) in [4.78, 5) is 11.5. The highest BCUT2D eigenvalue weighted by Gasteiger charge is 2.20.